The number of nitrogens with two attached hydrogens (primary N) is 1. The van der Waals surface area contributed by atoms with Crippen LogP contribution in [0, 0.1) is 5.92 Å². The molecule has 0 heterocycles. The first-order chi connectivity index (χ1) is 9.61. The van der Waals surface area contributed by atoms with Crippen molar-refractivity contribution >= 4 is 15.9 Å². The number of hydrogen-bond donors (Lipinski definition) is 1. The average molecular weight is 339 g/mol. The molecule has 1 aliphatic rings. The topological polar surface area (TPSA) is 29.3 Å². The predicted octanol–water partition coefficient (Wildman–Crippen LogP) is 4.18. The van der Waals surface area contributed by atoms with E-state index in [4.69, 9.17) is 5.73 Å². The van der Waals surface area contributed by atoms with Crippen molar-refractivity contribution < 1.29 is 0 Å². The van der Waals surface area contributed by atoms with Crippen LogP contribution in [-0.4, -0.2) is 24.0 Å². The summed E-state index contributed by atoms with van der Waals surface area (Å²) < 4.78 is 1.20. The Bertz CT molecular complexity index is 435. The maximum absolute atomic E-state index is 6.19. The molecule has 2 rings (SSSR count). The smallest absolute Gasteiger partial charge is 0.0334 e. The highest BCUT2D eigenvalue weighted by Gasteiger charge is 2.38. The van der Waals surface area contributed by atoms with Crippen LogP contribution in [0.4, 0.5) is 0 Å². The second-order valence-electron chi connectivity index (χ2n) is 6.25. The van der Waals surface area contributed by atoms with Gasteiger partial charge in [0.15, 0.2) is 0 Å². The minimum Gasteiger partial charge on any atom is -0.329 e. The van der Waals surface area contributed by atoms with Gasteiger partial charge < -0.3 is 5.73 Å². The number of hydrogen-bond acceptors (Lipinski definition) is 2. The third-order valence-electron chi connectivity index (χ3n) is 5.06. The van der Waals surface area contributed by atoms with Gasteiger partial charge in [-0.2, -0.15) is 0 Å². The lowest BCUT2D eigenvalue weighted by atomic mass is 9.73. The normalized spacial score (nSPS) is 26.9. The van der Waals surface area contributed by atoms with Crippen molar-refractivity contribution in [2.75, 3.05) is 13.6 Å². The van der Waals surface area contributed by atoms with E-state index < -0.39 is 0 Å². The third-order valence-corrected chi connectivity index (χ3v) is 5.83. The van der Waals surface area contributed by atoms with Gasteiger partial charge in [0, 0.05) is 23.1 Å². The molecule has 3 heteroatoms. The van der Waals surface area contributed by atoms with Crippen molar-refractivity contribution in [3.63, 3.8) is 0 Å². The van der Waals surface area contributed by atoms with Crippen LogP contribution >= 0.6 is 15.9 Å². The van der Waals surface area contributed by atoms with E-state index >= 15 is 0 Å². The molecule has 2 unspecified atom stereocenters. The molecule has 1 aromatic carbocycles. The Kier molecular flexibility index (Phi) is 5.65. The Balaban J connectivity index is 2.12. The highest BCUT2D eigenvalue weighted by molar-refractivity contribution is 9.10. The third kappa shape index (κ3) is 3.44. The average Bonchev–Trinajstić information content (AvgIpc) is 2.49. The molecular formula is C17H27BrN2. The number of halogens is 1. The summed E-state index contributed by atoms with van der Waals surface area (Å²) in [7, 11) is 2.24. The zero-order valence-corrected chi connectivity index (χ0v) is 14.3. The van der Waals surface area contributed by atoms with Crippen LogP contribution in [0.1, 0.15) is 44.6 Å². The van der Waals surface area contributed by atoms with Crippen LogP contribution in [0.3, 0.4) is 0 Å². The van der Waals surface area contributed by atoms with Gasteiger partial charge in [-0.1, -0.05) is 60.3 Å². The SMILES string of the molecule is CCC1CCCC(CN)(N(C)Cc2ccccc2Br)C1. The van der Waals surface area contributed by atoms with E-state index in [1.165, 1.54) is 42.1 Å². The molecule has 2 N–H and O–H groups in total. The van der Waals surface area contributed by atoms with E-state index in [0.717, 1.165) is 19.0 Å². The Morgan fingerprint density at radius 3 is 2.80 bits per heavy atom. The van der Waals surface area contributed by atoms with Gasteiger partial charge in [-0.15, -0.1) is 0 Å². The molecule has 0 saturated heterocycles. The number of rotatable bonds is 5. The van der Waals surface area contributed by atoms with Gasteiger partial charge >= 0.3 is 0 Å². The fraction of sp³-hybridized carbons (Fsp3) is 0.647. The molecule has 0 aliphatic heterocycles. The van der Waals surface area contributed by atoms with Gasteiger partial charge in [-0.05, 0) is 37.4 Å². The Labute approximate surface area is 131 Å². The first-order valence-corrected chi connectivity index (χ1v) is 8.55. The molecule has 112 valence electrons. The number of likely N-dealkylation sites (N-methyl/N-ethyl adjacent to an activating group) is 1. The van der Waals surface area contributed by atoms with Gasteiger partial charge in [0.25, 0.3) is 0 Å². The first-order valence-electron chi connectivity index (χ1n) is 7.76. The van der Waals surface area contributed by atoms with Crippen LogP contribution in [0.15, 0.2) is 28.7 Å². The van der Waals surface area contributed by atoms with Crippen LogP contribution < -0.4 is 5.73 Å². The van der Waals surface area contributed by atoms with E-state index in [9.17, 15) is 0 Å². The molecule has 2 atom stereocenters. The molecular weight excluding hydrogens is 312 g/mol. The summed E-state index contributed by atoms with van der Waals surface area (Å²) in [6.07, 6.45) is 6.46. The quantitative estimate of drug-likeness (QED) is 0.872. The van der Waals surface area contributed by atoms with E-state index in [2.05, 4.69) is 59.1 Å². The van der Waals surface area contributed by atoms with Crippen molar-refractivity contribution in [1.82, 2.24) is 4.90 Å². The Hall–Kier alpha value is -0.380. The van der Waals surface area contributed by atoms with Gasteiger partial charge in [-0.25, -0.2) is 0 Å². The summed E-state index contributed by atoms with van der Waals surface area (Å²) in [5.74, 6) is 0.842. The molecule has 0 bridgehead atoms. The molecule has 1 fully saturated rings. The molecule has 1 aliphatic carbocycles. The maximum atomic E-state index is 6.19. The molecule has 20 heavy (non-hydrogen) atoms. The largest absolute Gasteiger partial charge is 0.329 e. The Morgan fingerprint density at radius 2 is 2.15 bits per heavy atom. The minimum absolute atomic E-state index is 0.189. The van der Waals surface area contributed by atoms with Crippen LogP contribution in [0.5, 0.6) is 0 Å². The summed E-state index contributed by atoms with van der Waals surface area (Å²) in [5, 5.41) is 0. The van der Waals surface area contributed by atoms with Gasteiger partial charge in [0.1, 0.15) is 0 Å². The standard InChI is InChI=1S/C17H27BrN2/c1-3-14-7-6-10-17(11-14,13-19)20(2)12-15-8-4-5-9-16(15)18/h4-5,8-9,14H,3,6-7,10-13,19H2,1-2H3. The van der Waals surface area contributed by atoms with E-state index in [-0.39, 0.29) is 5.54 Å². The van der Waals surface area contributed by atoms with Crippen molar-refractivity contribution in [3.05, 3.63) is 34.3 Å². The summed E-state index contributed by atoms with van der Waals surface area (Å²) >= 11 is 3.66. The van der Waals surface area contributed by atoms with Gasteiger partial charge in [-0.3, -0.25) is 4.90 Å². The molecule has 2 nitrogen and oxygen atoms in total. The molecule has 0 aromatic heterocycles. The summed E-state index contributed by atoms with van der Waals surface area (Å²) in [6, 6.07) is 8.50. The monoisotopic (exact) mass is 338 g/mol. The predicted molar refractivity (Wildman–Crippen MR) is 89.6 cm³/mol. The number of nitrogens with zero attached hydrogens (tertiary/aromatic N) is 1. The van der Waals surface area contributed by atoms with Crippen LogP contribution in [-0.2, 0) is 6.54 Å². The lowest BCUT2D eigenvalue weighted by molar-refractivity contribution is 0.0502. The van der Waals surface area contributed by atoms with Crippen molar-refractivity contribution in [3.8, 4) is 0 Å². The van der Waals surface area contributed by atoms with Crippen LogP contribution in [0.2, 0.25) is 0 Å². The van der Waals surface area contributed by atoms with Crippen molar-refractivity contribution in [1.29, 1.82) is 0 Å². The minimum atomic E-state index is 0.189. The van der Waals surface area contributed by atoms with E-state index in [1.807, 2.05) is 0 Å². The lowest BCUT2D eigenvalue weighted by Crippen LogP contribution is -2.54. The highest BCUT2D eigenvalue weighted by atomic mass is 79.9. The lowest BCUT2D eigenvalue weighted by Gasteiger charge is -2.47. The summed E-state index contributed by atoms with van der Waals surface area (Å²) in [4.78, 5) is 2.49. The van der Waals surface area contributed by atoms with Crippen molar-refractivity contribution in [2.45, 2.75) is 51.1 Å². The molecule has 0 amide bonds. The molecule has 0 radical (unpaired) electrons. The second kappa shape index (κ2) is 7.06. The second-order valence-corrected chi connectivity index (χ2v) is 7.10. The number of benzene rings is 1. The Morgan fingerprint density at radius 1 is 1.40 bits per heavy atom. The molecule has 1 saturated carbocycles. The summed E-state index contributed by atoms with van der Waals surface area (Å²) in [5.41, 5.74) is 7.73. The zero-order chi connectivity index (χ0) is 14.6. The maximum Gasteiger partial charge on any atom is 0.0334 e. The molecule has 0 spiro atoms. The summed E-state index contributed by atoms with van der Waals surface area (Å²) in [6.45, 7) is 4.05. The van der Waals surface area contributed by atoms with E-state index in [0.29, 0.717) is 0 Å². The zero-order valence-electron chi connectivity index (χ0n) is 12.7. The van der Waals surface area contributed by atoms with Gasteiger partial charge in [0.05, 0.1) is 0 Å². The molecule has 1 aromatic rings. The van der Waals surface area contributed by atoms with Gasteiger partial charge in [0.2, 0.25) is 0 Å². The fourth-order valence-electron chi connectivity index (χ4n) is 3.55. The van der Waals surface area contributed by atoms with Crippen molar-refractivity contribution in [2.24, 2.45) is 11.7 Å². The van der Waals surface area contributed by atoms with Crippen LogP contribution in [0.25, 0.3) is 0 Å². The fourth-order valence-corrected chi connectivity index (χ4v) is 3.96. The highest BCUT2D eigenvalue weighted by Crippen LogP contribution is 2.38. The first kappa shape index (κ1) is 16.0. The van der Waals surface area contributed by atoms with E-state index in [1.54, 1.807) is 0 Å².